The molecule has 0 amide bonds. The van der Waals surface area contributed by atoms with Crippen molar-refractivity contribution in [3.05, 3.63) is 83.7 Å². The average molecular weight is 473 g/mol. The van der Waals surface area contributed by atoms with Crippen LogP contribution in [0.5, 0.6) is 0 Å². The Morgan fingerprint density at radius 3 is 2.76 bits per heavy atom. The highest BCUT2D eigenvalue weighted by atomic mass is 35.5. The van der Waals surface area contributed by atoms with Crippen LogP contribution >= 0.6 is 11.6 Å². The van der Waals surface area contributed by atoms with Gasteiger partial charge in [-0.25, -0.2) is 19.3 Å². The predicted molar refractivity (Wildman–Crippen MR) is 132 cm³/mol. The molecule has 0 radical (unpaired) electrons. The Morgan fingerprint density at radius 1 is 1.09 bits per heavy atom. The number of aromatic nitrogens is 5. The summed E-state index contributed by atoms with van der Waals surface area (Å²) in [4.78, 5) is 14.0. The Bertz CT molecular complexity index is 1500. The van der Waals surface area contributed by atoms with Gasteiger partial charge in [-0.05, 0) is 55.0 Å². The van der Waals surface area contributed by atoms with E-state index in [4.69, 9.17) is 21.6 Å². The highest BCUT2D eigenvalue weighted by Crippen LogP contribution is 2.40. The first-order valence-corrected chi connectivity index (χ1v) is 11.6. The molecule has 34 heavy (non-hydrogen) atoms. The fourth-order valence-corrected chi connectivity index (χ4v) is 5.12. The zero-order valence-electron chi connectivity index (χ0n) is 18.5. The SMILES string of the molecule is CNc1nccc(-c2c(-c3ccc(F)cc3)nc3n2C(Cn2ccc4c(Cl)cccc42)CC3)n1. The molecule has 5 aromatic rings. The zero-order chi connectivity index (χ0) is 23.2. The van der Waals surface area contributed by atoms with E-state index in [1.54, 1.807) is 25.4 Å². The summed E-state index contributed by atoms with van der Waals surface area (Å²) in [7, 11) is 1.80. The van der Waals surface area contributed by atoms with Gasteiger partial charge in [0.25, 0.3) is 0 Å². The molecule has 3 aromatic heterocycles. The van der Waals surface area contributed by atoms with Gasteiger partial charge in [0.1, 0.15) is 11.6 Å². The molecule has 0 saturated heterocycles. The van der Waals surface area contributed by atoms with Gasteiger partial charge in [0.05, 0.1) is 23.1 Å². The van der Waals surface area contributed by atoms with E-state index < -0.39 is 0 Å². The molecule has 1 unspecified atom stereocenters. The van der Waals surface area contributed by atoms with E-state index in [0.29, 0.717) is 5.95 Å². The predicted octanol–water partition coefficient (Wildman–Crippen LogP) is 5.98. The summed E-state index contributed by atoms with van der Waals surface area (Å²) in [6.45, 7) is 0.785. The van der Waals surface area contributed by atoms with Crippen molar-refractivity contribution < 1.29 is 4.39 Å². The van der Waals surface area contributed by atoms with Crippen molar-refractivity contribution in [2.75, 3.05) is 12.4 Å². The summed E-state index contributed by atoms with van der Waals surface area (Å²) in [6, 6.07) is 16.6. The van der Waals surface area contributed by atoms with E-state index in [1.165, 1.54) is 12.1 Å². The van der Waals surface area contributed by atoms with E-state index >= 15 is 0 Å². The minimum atomic E-state index is -0.271. The topological polar surface area (TPSA) is 60.6 Å². The summed E-state index contributed by atoms with van der Waals surface area (Å²) >= 11 is 6.41. The molecular weight excluding hydrogens is 451 g/mol. The third-order valence-electron chi connectivity index (χ3n) is 6.46. The molecule has 170 valence electrons. The Labute approximate surface area is 201 Å². The number of halogens is 2. The molecule has 1 N–H and O–H groups in total. The normalized spacial score (nSPS) is 15.1. The van der Waals surface area contributed by atoms with Crippen molar-refractivity contribution >= 4 is 28.5 Å². The highest BCUT2D eigenvalue weighted by molar-refractivity contribution is 6.35. The van der Waals surface area contributed by atoms with Crippen LogP contribution < -0.4 is 5.32 Å². The maximum absolute atomic E-state index is 13.6. The first-order valence-electron chi connectivity index (χ1n) is 11.2. The van der Waals surface area contributed by atoms with Crippen LogP contribution in [-0.4, -0.2) is 31.1 Å². The van der Waals surface area contributed by atoms with Gasteiger partial charge in [-0.3, -0.25) is 0 Å². The zero-order valence-corrected chi connectivity index (χ0v) is 19.3. The number of fused-ring (bicyclic) bond motifs is 2. The lowest BCUT2D eigenvalue weighted by molar-refractivity contribution is 0.459. The molecule has 4 heterocycles. The van der Waals surface area contributed by atoms with E-state index in [9.17, 15) is 4.39 Å². The number of nitrogens with zero attached hydrogens (tertiary/aromatic N) is 5. The van der Waals surface area contributed by atoms with Gasteiger partial charge in [0, 0.05) is 53.9 Å². The lowest BCUT2D eigenvalue weighted by Crippen LogP contribution is -2.13. The third-order valence-corrected chi connectivity index (χ3v) is 6.79. The van der Waals surface area contributed by atoms with Crippen molar-refractivity contribution in [2.24, 2.45) is 0 Å². The van der Waals surface area contributed by atoms with E-state index in [-0.39, 0.29) is 11.9 Å². The maximum atomic E-state index is 13.6. The first kappa shape index (κ1) is 20.9. The Kier molecular flexibility index (Phi) is 5.07. The number of aryl methyl sites for hydroxylation is 1. The summed E-state index contributed by atoms with van der Waals surface area (Å²) in [5.74, 6) is 1.28. The second-order valence-electron chi connectivity index (χ2n) is 8.45. The number of anilines is 1. The minimum absolute atomic E-state index is 0.189. The fraction of sp³-hybridized carbons (Fsp3) is 0.192. The van der Waals surface area contributed by atoms with E-state index in [0.717, 1.165) is 63.8 Å². The highest BCUT2D eigenvalue weighted by Gasteiger charge is 2.31. The molecule has 0 aliphatic carbocycles. The molecule has 0 spiro atoms. The van der Waals surface area contributed by atoms with Crippen molar-refractivity contribution in [1.29, 1.82) is 0 Å². The van der Waals surface area contributed by atoms with Crippen LogP contribution in [0.25, 0.3) is 33.5 Å². The second kappa shape index (κ2) is 8.25. The number of imidazole rings is 1. The summed E-state index contributed by atoms with van der Waals surface area (Å²) in [5.41, 5.74) is 4.49. The largest absolute Gasteiger partial charge is 0.357 e. The number of nitrogens with one attached hydrogen (secondary N) is 1. The lowest BCUT2D eigenvalue weighted by atomic mass is 10.1. The summed E-state index contributed by atoms with van der Waals surface area (Å²) in [6.07, 6.45) is 5.68. The quantitative estimate of drug-likeness (QED) is 0.341. The molecule has 2 aromatic carbocycles. The minimum Gasteiger partial charge on any atom is -0.357 e. The number of rotatable bonds is 5. The van der Waals surface area contributed by atoms with Crippen LogP contribution in [0, 0.1) is 5.82 Å². The smallest absolute Gasteiger partial charge is 0.222 e. The molecular formula is C26H22ClFN6. The number of hydrogen-bond donors (Lipinski definition) is 1. The van der Waals surface area contributed by atoms with Crippen LogP contribution in [-0.2, 0) is 13.0 Å². The Hall–Kier alpha value is -3.71. The molecule has 1 aliphatic rings. The molecule has 0 bridgehead atoms. The maximum Gasteiger partial charge on any atom is 0.222 e. The van der Waals surface area contributed by atoms with Crippen LogP contribution in [0.4, 0.5) is 10.3 Å². The fourth-order valence-electron chi connectivity index (χ4n) is 4.88. The Morgan fingerprint density at radius 2 is 1.94 bits per heavy atom. The van der Waals surface area contributed by atoms with Gasteiger partial charge in [-0.1, -0.05) is 17.7 Å². The van der Waals surface area contributed by atoms with Crippen molar-refractivity contribution in [3.63, 3.8) is 0 Å². The molecule has 6 nitrogen and oxygen atoms in total. The molecule has 6 rings (SSSR count). The molecule has 1 aliphatic heterocycles. The van der Waals surface area contributed by atoms with Crippen LogP contribution in [0.15, 0.2) is 67.0 Å². The number of benzene rings is 2. The molecule has 0 saturated carbocycles. The molecule has 0 fully saturated rings. The monoisotopic (exact) mass is 472 g/mol. The number of hydrogen-bond acceptors (Lipinski definition) is 4. The van der Waals surface area contributed by atoms with Crippen LogP contribution in [0.3, 0.4) is 0 Å². The first-order chi connectivity index (χ1) is 16.6. The van der Waals surface area contributed by atoms with Gasteiger partial charge in [0.15, 0.2) is 0 Å². The van der Waals surface area contributed by atoms with Gasteiger partial charge < -0.3 is 14.5 Å². The van der Waals surface area contributed by atoms with Gasteiger partial charge in [-0.2, -0.15) is 0 Å². The lowest BCUT2D eigenvalue weighted by Gasteiger charge is -2.19. The Balaban J connectivity index is 1.49. The van der Waals surface area contributed by atoms with Crippen LogP contribution in [0.1, 0.15) is 18.3 Å². The second-order valence-corrected chi connectivity index (χ2v) is 8.86. The molecule has 1 atom stereocenters. The van der Waals surface area contributed by atoms with Gasteiger partial charge in [0.2, 0.25) is 5.95 Å². The van der Waals surface area contributed by atoms with Gasteiger partial charge >= 0.3 is 0 Å². The molecule has 8 heteroatoms. The van der Waals surface area contributed by atoms with E-state index in [2.05, 4.69) is 37.8 Å². The standard InChI is InChI=1S/C26H22ClFN6/c1-29-26-30-13-11-21(31-26)25-24(16-5-7-17(28)8-6-16)32-23-10-9-18(34(23)25)15-33-14-12-19-20(27)3-2-4-22(19)33/h2-8,11-14,18H,9-10,15H2,1H3,(H,29,30,31). The average Bonchev–Trinajstić information content (AvgIpc) is 3.55. The van der Waals surface area contributed by atoms with Gasteiger partial charge in [-0.15, -0.1) is 0 Å². The van der Waals surface area contributed by atoms with Crippen molar-refractivity contribution in [3.8, 4) is 22.6 Å². The van der Waals surface area contributed by atoms with Crippen molar-refractivity contribution in [1.82, 2.24) is 24.1 Å². The van der Waals surface area contributed by atoms with Crippen molar-refractivity contribution in [2.45, 2.75) is 25.4 Å². The van der Waals surface area contributed by atoms with Crippen LogP contribution in [0.2, 0.25) is 5.02 Å². The summed E-state index contributed by atoms with van der Waals surface area (Å²) in [5, 5.41) is 4.82. The summed E-state index contributed by atoms with van der Waals surface area (Å²) < 4.78 is 18.2. The third kappa shape index (κ3) is 3.44. The van der Waals surface area contributed by atoms with E-state index in [1.807, 2.05) is 18.2 Å².